The Morgan fingerprint density at radius 2 is 2.03 bits per heavy atom. The third-order valence-corrected chi connectivity index (χ3v) is 7.09. The first-order valence-electron chi connectivity index (χ1n) is 12.4. The molecule has 0 fully saturated rings. The third-order valence-electron chi connectivity index (χ3n) is 6.01. The second-order valence-electron chi connectivity index (χ2n) is 10.4. The van der Waals surface area contributed by atoms with Crippen LogP contribution in [0.5, 0.6) is 5.75 Å². The lowest BCUT2D eigenvalue weighted by molar-refractivity contribution is -0.138. The Hall–Kier alpha value is -3.90. The summed E-state index contributed by atoms with van der Waals surface area (Å²) in [6.45, 7) is 16.2. The maximum Gasteiger partial charge on any atom is 0.411 e. The molecule has 1 heterocycles. The fourth-order valence-corrected chi connectivity index (χ4v) is 5.54. The molecule has 2 aromatic carbocycles. The zero-order chi connectivity index (χ0) is 27.6. The molecule has 0 spiro atoms. The quantitative estimate of drug-likeness (QED) is 0.325. The Morgan fingerprint density at radius 1 is 1.26 bits per heavy atom. The summed E-state index contributed by atoms with van der Waals surface area (Å²) in [6, 6.07) is 11.0. The van der Waals surface area contributed by atoms with E-state index in [1.807, 2.05) is 50.4 Å². The number of fused-ring (bicyclic) bond motifs is 1. The normalized spacial score (nSPS) is 14.6. The Labute approximate surface area is 226 Å². The van der Waals surface area contributed by atoms with E-state index in [1.54, 1.807) is 26.8 Å². The van der Waals surface area contributed by atoms with Gasteiger partial charge in [0.25, 0.3) is 0 Å². The highest BCUT2D eigenvalue weighted by Crippen LogP contribution is 2.44. The molecule has 4 rings (SSSR count). The van der Waals surface area contributed by atoms with E-state index >= 15 is 0 Å². The van der Waals surface area contributed by atoms with Crippen molar-refractivity contribution in [1.29, 1.82) is 0 Å². The Balaban J connectivity index is 1.65. The Bertz CT molecular complexity index is 1400. The highest BCUT2D eigenvalue weighted by molar-refractivity contribution is 7.18. The van der Waals surface area contributed by atoms with Gasteiger partial charge in [-0.2, -0.15) is 0 Å². The van der Waals surface area contributed by atoms with Crippen LogP contribution < -0.4 is 4.74 Å². The number of aromatic nitrogens is 1. The molecule has 9 heteroatoms. The summed E-state index contributed by atoms with van der Waals surface area (Å²) in [5.74, 6) is -0.533. The van der Waals surface area contributed by atoms with Gasteiger partial charge >= 0.3 is 12.1 Å². The predicted octanol–water partition coefficient (Wildman–Crippen LogP) is 7.12. The minimum Gasteiger partial charge on any atom is -0.502 e. The number of aliphatic carboxylic acids is 1. The SMILES string of the molecule is [C-]#[N+]c1cc(-c2ncc(-c3cccc4c3CC[C@H]4N(CC(=O)O)C(=O)OC(C)(C)C)s2)ccc1OC(C)C. The van der Waals surface area contributed by atoms with Crippen molar-refractivity contribution in [3.8, 4) is 26.8 Å². The molecule has 3 aromatic rings. The van der Waals surface area contributed by atoms with Crippen molar-refractivity contribution in [1.82, 2.24) is 9.88 Å². The molecule has 0 radical (unpaired) electrons. The van der Waals surface area contributed by atoms with Crippen molar-refractivity contribution in [3.05, 3.63) is 65.1 Å². The van der Waals surface area contributed by atoms with Gasteiger partial charge in [0.05, 0.1) is 23.6 Å². The summed E-state index contributed by atoms with van der Waals surface area (Å²) in [7, 11) is 0. The minimum atomic E-state index is -1.09. The molecule has 1 aliphatic carbocycles. The van der Waals surface area contributed by atoms with E-state index in [1.165, 1.54) is 16.2 Å². The number of hydrogen-bond acceptors (Lipinski definition) is 6. The maximum absolute atomic E-state index is 12.9. The van der Waals surface area contributed by atoms with Crippen LogP contribution in [-0.4, -0.2) is 45.3 Å². The number of amides is 1. The highest BCUT2D eigenvalue weighted by atomic mass is 32.1. The Kier molecular flexibility index (Phi) is 7.74. The van der Waals surface area contributed by atoms with E-state index in [-0.39, 0.29) is 6.10 Å². The second kappa shape index (κ2) is 10.8. The lowest BCUT2D eigenvalue weighted by Crippen LogP contribution is -2.41. The van der Waals surface area contributed by atoms with Crippen LogP contribution in [0.3, 0.4) is 0 Å². The summed E-state index contributed by atoms with van der Waals surface area (Å²) in [5.41, 5.74) is 3.56. The fraction of sp³-hybridized carbons (Fsp3) is 0.379. The number of thiazole rings is 1. The molecule has 198 valence electrons. The molecule has 8 nitrogen and oxygen atoms in total. The van der Waals surface area contributed by atoms with Crippen LogP contribution in [0.15, 0.2) is 42.6 Å². The zero-order valence-corrected chi connectivity index (χ0v) is 23.0. The molecule has 0 saturated carbocycles. The number of carbonyl (C=O) groups excluding carboxylic acids is 1. The number of carbonyl (C=O) groups is 2. The fourth-order valence-electron chi connectivity index (χ4n) is 4.58. The molecule has 1 aromatic heterocycles. The van der Waals surface area contributed by atoms with E-state index in [9.17, 15) is 14.7 Å². The van der Waals surface area contributed by atoms with Gasteiger partial charge in [0, 0.05) is 11.8 Å². The van der Waals surface area contributed by atoms with Crippen LogP contribution in [0, 0.1) is 6.57 Å². The van der Waals surface area contributed by atoms with Crippen molar-refractivity contribution in [2.24, 2.45) is 0 Å². The molecule has 38 heavy (non-hydrogen) atoms. The second-order valence-corrected chi connectivity index (χ2v) is 11.5. The van der Waals surface area contributed by atoms with Gasteiger partial charge in [0.2, 0.25) is 5.69 Å². The molecular formula is C29H31N3O5S. The van der Waals surface area contributed by atoms with Crippen LogP contribution in [-0.2, 0) is 16.0 Å². The van der Waals surface area contributed by atoms with Gasteiger partial charge in [0.15, 0.2) is 0 Å². The molecular weight excluding hydrogens is 502 g/mol. The minimum absolute atomic E-state index is 0.0291. The van der Waals surface area contributed by atoms with Crippen LogP contribution in [0.4, 0.5) is 10.5 Å². The molecule has 0 aliphatic heterocycles. The lowest BCUT2D eigenvalue weighted by atomic mass is 10.0. The van der Waals surface area contributed by atoms with Gasteiger partial charge in [-0.05, 0) is 76.3 Å². The topological polar surface area (TPSA) is 93.3 Å². The molecule has 0 saturated heterocycles. The van der Waals surface area contributed by atoms with Gasteiger partial charge in [-0.25, -0.2) is 14.6 Å². The van der Waals surface area contributed by atoms with E-state index in [4.69, 9.17) is 16.0 Å². The first-order chi connectivity index (χ1) is 18.0. The number of benzene rings is 2. The third kappa shape index (κ3) is 5.97. The van der Waals surface area contributed by atoms with Crippen molar-refractivity contribution in [2.45, 2.75) is 65.2 Å². The van der Waals surface area contributed by atoms with E-state index in [0.717, 1.165) is 32.1 Å². The largest absolute Gasteiger partial charge is 0.502 e. The van der Waals surface area contributed by atoms with Crippen molar-refractivity contribution < 1.29 is 24.2 Å². The first kappa shape index (κ1) is 27.1. The van der Waals surface area contributed by atoms with Crippen molar-refractivity contribution >= 4 is 29.1 Å². The van der Waals surface area contributed by atoms with E-state index in [0.29, 0.717) is 24.3 Å². The average molecular weight is 534 g/mol. The Morgan fingerprint density at radius 3 is 2.68 bits per heavy atom. The van der Waals surface area contributed by atoms with Gasteiger partial charge < -0.3 is 14.6 Å². The van der Waals surface area contributed by atoms with Gasteiger partial charge in [-0.1, -0.05) is 24.3 Å². The molecule has 1 atom stereocenters. The first-order valence-corrected chi connectivity index (χ1v) is 13.3. The number of hydrogen-bond donors (Lipinski definition) is 1. The van der Waals surface area contributed by atoms with Crippen LogP contribution >= 0.6 is 11.3 Å². The van der Waals surface area contributed by atoms with E-state index < -0.39 is 30.3 Å². The monoisotopic (exact) mass is 533 g/mol. The van der Waals surface area contributed by atoms with Gasteiger partial charge in [0.1, 0.15) is 22.9 Å². The number of nitrogens with zero attached hydrogens (tertiary/aromatic N) is 3. The summed E-state index contributed by atoms with van der Waals surface area (Å²) in [5, 5.41) is 10.3. The molecule has 0 unspecified atom stereocenters. The maximum atomic E-state index is 12.9. The van der Waals surface area contributed by atoms with Gasteiger partial charge in [-0.3, -0.25) is 9.69 Å². The average Bonchev–Trinajstić information content (AvgIpc) is 3.49. The summed E-state index contributed by atoms with van der Waals surface area (Å²) >= 11 is 1.52. The number of carboxylic acid groups (broad SMARTS) is 1. The van der Waals surface area contributed by atoms with Crippen molar-refractivity contribution in [2.75, 3.05) is 6.54 Å². The highest BCUT2D eigenvalue weighted by Gasteiger charge is 2.36. The van der Waals surface area contributed by atoms with Crippen LogP contribution in [0.25, 0.3) is 25.9 Å². The van der Waals surface area contributed by atoms with E-state index in [2.05, 4.69) is 9.83 Å². The molecule has 1 amide bonds. The summed E-state index contributed by atoms with van der Waals surface area (Å²) < 4.78 is 11.3. The standard InChI is InChI=1S/C29H31N3O5S/c1-17(2)36-24-13-10-18(14-22(24)30-6)27-31-15-25(38-27)21-9-7-8-20-19(21)11-12-23(20)32(16-26(33)34)28(35)37-29(3,4)5/h7-10,13-15,17,23H,11-12,16H2,1-5H3,(H,33,34)/t23-/m1/s1. The smallest absolute Gasteiger partial charge is 0.411 e. The summed E-state index contributed by atoms with van der Waals surface area (Å²) in [4.78, 5) is 35.1. The number of ether oxygens (including phenoxy) is 2. The molecule has 0 bridgehead atoms. The predicted molar refractivity (Wildman–Crippen MR) is 147 cm³/mol. The summed E-state index contributed by atoms with van der Waals surface area (Å²) in [6.07, 6.45) is 2.46. The van der Waals surface area contributed by atoms with Crippen LogP contribution in [0.1, 0.15) is 58.2 Å². The number of rotatable bonds is 7. The molecule has 1 N–H and O–H groups in total. The van der Waals surface area contributed by atoms with Crippen molar-refractivity contribution in [3.63, 3.8) is 0 Å². The zero-order valence-electron chi connectivity index (χ0n) is 22.1. The molecule has 1 aliphatic rings. The van der Waals surface area contributed by atoms with Gasteiger partial charge in [-0.15, -0.1) is 11.3 Å². The van der Waals surface area contributed by atoms with Crippen LogP contribution in [0.2, 0.25) is 0 Å². The number of carboxylic acids is 1. The lowest BCUT2D eigenvalue weighted by Gasteiger charge is -2.31.